The van der Waals surface area contributed by atoms with Gasteiger partial charge in [0.15, 0.2) is 6.61 Å². The second kappa shape index (κ2) is 8.98. The van der Waals surface area contributed by atoms with Crippen molar-refractivity contribution >= 4 is 33.1 Å². The summed E-state index contributed by atoms with van der Waals surface area (Å²) in [5, 5.41) is 0. The molecule has 1 fully saturated rings. The Morgan fingerprint density at radius 3 is 2.43 bits per heavy atom. The molecule has 1 aliphatic rings. The number of nitrogens with zero attached hydrogens (tertiary/aromatic N) is 1. The number of esters is 1. The first-order valence-corrected chi connectivity index (χ1v) is 11.5. The minimum Gasteiger partial charge on any atom is -0.454 e. The lowest BCUT2D eigenvalue weighted by molar-refractivity contribution is 0.0475. The van der Waals surface area contributed by atoms with Crippen LogP contribution in [0.5, 0.6) is 0 Å². The third-order valence-corrected chi connectivity index (χ3v) is 7.56. The van der Waals surface area contributed by atoms with Gasteiger partial charge in [-0.1, -0.05) is 18.9 Å². The molecule has 0 saturated carbocycles. The lowest BCUT2D eigenvalue weighted by Crippen LogP contribution is -2.32. The van der Waals surface area contributed by atoms with Crippen LogP contribution in [0.1, 0.15) is 50.6 Å². The fraction of sp³-hybridized carbons (Fsp3) is 0.400. The number of Topliss-reactive ketones (excluding diaryl/α,β-unsaturated/α-hetero) is 1. The van der Waals surface area contributed by atoms with Gasteiger partial charge in [0.05, 0.1) is 15.3 Å². The van der Waals surface area contributed by atoms with E-state index >= 15 is 0 Å². The van der Waals surface area contributed by atoms with Crippen LogP contribution >= 0.6 is 11.3 Å². The molecule has 0 bridgehead atoms. The molecule has 6 nitrogen and oxygen atoms in total. The van der Waals surface area contributed by atoms with Crippen molar-refractivity contribution in [3.63, 3.8) is 0 Å². The van der Waals surface area contributed by atoms with E-state index in [4.69, 9.17) is 4.74 Å². The standard InChI is InChI=1S/C20H23NO5S2/c1-15-9-10-19(27-15)18(22)14-26-20(23)16-7-6-8-17(13-16)28(24,25)21-11-4-2-3-5-12-21/h6-10,13H,2-5,11-12,14H2,1H3. The molecule has 0 spiro atoms. The van der Waals surface area contributed by atoms with Crippen LogP contribution in [0.2, 0.25) is 0 Å². The summed E-state index contributed by atoms with van der Waals surface area (Å²) in [6, 6.07) is 9.34. The Hall–Kier alpha value is -2.03. The van der Waals surface area contributed by atoms with Crippen molar-refractivity contribution in [3.05, 3.63) is 51.7 Å². The summed E-state index contributed by atoms with van der Waals surface area (Å²) in [6.45, 7) is 2.50. The molecule has 0 N–H and O–H groups in total. The van der Waals surface area contributed by atoms with Gasteiger partial charge in [-0.05, 0) is 50.1 Å². The Morgan fingerprint density at radius 1 is 1.07 bits per heavy atom. The van der Waals surface area contributed by atoms with Gasteiger partial charge in [0.1, 0.15) is 0 Å². The predicted octanol–water partition coefficient (Wildman–Crippen LogP) is 3.66. The highest BCUT2D eigenvalue weighted by molar-refractivity contribution is 7.89. The van der Waals surface area contributed by atoms with Crippen LogP contribution in [0.3, 0.4) is 0 Å². The Kier molecular flexibility index (Phi) is 6.64. The minimum atomic E-state index is -3.65. The number of ether oxygens (including phenoxy) is 1. The Labute approximate surface area is 169 Å². The van der Waals surface area contributed by atoms with Gasteiger partial charge >= 0.3 is 5.97 Å². The minimum absolute atomic E-state index is 0.0732. The molecule has 8 heteroatoms. The molecule has 0 amide bonds. The number of benzene rings is 1. The summed E-state index contributed by atoms with van der Waals surface area (Å²) in [6.07, 6.45) is 3.73. The smallest absolute Gasteiger partial charge is 0.338 e. The molecular formula is C20H23NO5S2. The number of hydrogen-bond acceptors (Lipinski definition) is 6. The first-order valence-electron chi connectivity index (χ1n) is 9.25. The topological polar surface area (TPSA) is 80.8 Å². The zero-order valence-corrected chi connectivity index (χ0v) is 17.4. The quantitative estimate of drug-likeness (QED) is 0.525. The molecule has 0 radical (unpaired) electrons. The maximum Gasteiger partial charge on any atom is 0.338 e. The van der Waals surface area contributed by atoms with Gasteiger partial charge in [-0.2, -0.15) is 4.31 Å². The average Bonchev–Trinajstić information content (AvgIpc) is 2.94. The Morgan fingerprint density at radius 2 is 1.79 bits per heavy atom. The van der Waals surface area contributed by atoms with Crippen LogP contribution in [0, 0.1) is 6.92 Å². The molecule has 1 saturated heterocycles. The van der Waals surface area contributed by atoms with E-state index < -0.39 is 16.0 Å². The van der Waals surface area contributed by atoms with Gasteiger partial charge in [0, 0.05) is 18.0 Å². The van der Waals surface area contributed by atoms with Crippen molar-refractivity contribution in [2.75, 3.05) is 19.7 Å². The predicted molar refractivity (Wildman–Crippen MR) is 107 cm³/mol. The Bertz CT molecular complexity index is 956. The molecular weight excluding hydrogens is 398 g/mol. The molecule has 1 aromatic heterocycles. The van der Waals surface area contributed by atoms with E-state index in [2.05, 4.69) is 0 Å². The van der Waals surface area contributed by atoms with Crippen LogP contribution in [0.15, 0.2) is 41.3 Å². The van der Waals surface area contributed by atoms with E-state index in [0.29, 0.717) is 18.0 Å². The summed E-state index contributed by atoms with van der Waals surface area (Å²) < 4.78 is 32.4. The normalized spacial score (nSPS) is 15.8. The molecule has 1 aromatic carbocycles. The monoisotopic (exact) mass is 421 g/mol. The summed E-state index contributed by atoms with van der Waals surface area (Å²) in [7, 11) is -3.65. The van der Waals surface area contributed by atoms with E-state index in [9.17, 15) is 18.0 Å². The number of hydrogen-bond donors (Lipinski definition) is 0. The number of ketones is 1. The summed E-state index contributed by atoms with van der Waals surface area (Å²) in [4.78, 5) is 26.0. The molecule has 3 rings (SSSR count). The number of aryl methyl sites for hydroxylation is 1. The van der Waals surface area contributed by atoms with E-state index in [1.165, 1.54) is 39.9 Å². The maximum atomic E-state index is 12.9. The Balaban J connectivity index is 1.69. The van der Waals surface area contributed by atoms with Crippen molar-refractivity contribution in [2.45, 2.75) is 37.5 Å². The maximum absolute atomic E-state index is 12.9. The summed E-state index contributed by atoms with van der Waals surface area (Å²) >= 11 is 1.34. The van der Waals surface area contributed by atoms with Gasteiger partial charge in [-0.15, -0.1) is 11.3 Å². The number of carbonyl (C=O) groups is 2. The zero-order valence-electron chi connectivity index (χ0n) is 15.7. The van der Waals surface area contributed by atoms with Crippen LogP contribution < -0.4 is 0 Å². The molecule has 0 aliphatic carbocycles. The second-order valence-corrected chi connectivity index (χ2v) is 9.98. The zero-order chi connectivity index (χ0) is 20.1. The van der Waals surface area contributed by atoms with E-state index in [0.717, 1.165) is 30.6 Å². The number of sulfonamides is 1. The van der Waals surface area contributed by atoms with Crippen LogP contribution in [0.25, 0.3) is 0 Å². The number of thiophene rings is 1. The lowest BCUT2D eigenvalue weighted by atomic mass is 10.2. The summed E-state index contributed by atoms with van der Waals surface area (Å²) in [5.74, 6) is -0.991. The largest absolute Gasteiger partial charge is 0.454 e. The first kappa shape index (κ1) is 20.7. The highest BCUT2D eigenvalue weighted by Crippen LogP contribution is 2.21. The summed E-state index contributed by atoms with van der Waals surface area (Å²) in [5.41, 5.74) is 0.117. The third-order valence-electron chi connectivity index (χ3n) is 4.62. The fourth-order valence-electron chi connectivity index (χ4n) is 3.08. The first-order chi connectivity index (χ1) is 13.4. The van der Waals surface area contributed by atoms with Crippen molar-refractivity contribution in [1.82, 2.24) is 4.31 Å². The van der Waals surface area contributed by atoms with E-state index in [1.807, 2.05) is 13.0 Å². The van der Waals surface area contributed by atoms with Crippen LogP contribution in [-0.4, -0.2) is 44.2 Å². The van der Waals surface area contributed by atoms with Gasteiger partial charge in [0.2, 0.25) is 15.8 Å². The van der Waals surface area contributed by atoms with Gasteiger partial charge in [0.25, 0.3) is 0 Å². The van der Waals surface area contributed by atoms with Gasteiger partial charge in [-0.25, -0.2) is 13.2 Å². The molecule has 28 heavy (non-hydrogen) atoms. The number of rotatable bonds is 6. The molecule has 2 heterocycles. The SMILES string of the molecule is Cc1ccc(C(=O)COC(=O)c2cccc(S(=O)(=O)N3CCCCCC3)c2)s1. The number of carbonyl (C=O) groups excluding carboxylic acids is 2. The van der Waals surface area contributed by atoms with E-state index in [1.54, 1.807) is 6.07 Å². The molecule has 150 valence electrons. The molecule has 1 aliphatic heterocycles. The highest BCUT2D eigenvalue weighted by Gasteiger charge is 2.26. The van der Waals surface area contributed by atoms with Gasteiger partial charge < -0.3 is 4.74 Å². The molecule has 2 aromatic rings. The van der Waals surface area contributed by atoms with Crippen molar-refractivity contribution in [1.29, 1.82) is 0 Å². The van der Waals surface area contributed by atoms with Crippen molar-refractivity contribution < 1.29 is 22.7 Å². The second-order valence-electron chi connectivity index (χ2n) is 6.76. The van der Waals surface area contributed by atoms with E-state index in [-0.39, 0.29) is 22.8 Å². The van der Waals surface area contributed by atoms with Crippen LogP contribution in [-0.2, 0) is 14.8 Å². The van der Waals surface area contributed by atoms with Crippen LogP contribution in [0.4, 0.5) is 0 Å². The highest BCUT2D eigenvalue weighted by atomic mass is 32.2. The molecule has 0 atom stereocenters. The van der Waals surface area contributed by atoms with Gasteiger partial charge in [-0.3, -0.25) is 4.79 Å². The van der Waals surface area contributed by atoms with Crippen molar-refractivity contribution in [3.8, 4) is 0 Å². The molecule has 0 unspecified atom stereocenters. The third kappa shape index (κ3) is 4.87. The van der Waals surface area contributed by atoms with Crippen molar-refractivity contribution in [2.24, 2.45) is 0 Å². The lowest BCUT2D eigenvalue weighted by Gasteiger charge is -2.20. The fourth-order valence-corrected chi connectivity index (χ4v) is 5.44. The average molecular weight is 422 g/mol.